The highest BCUT2D eigenvalue weighted by molar-refractivity contribution is 5.76. The highest BCUT2D eigenvalue weighted by Gasteiger charge is 2.18. The van der Waals surface area contributed by atoms with Crippen LogP contribution in [-0.2, 0) is 14.3 Å². The number of carbonyl (C=O) groups excluding carboxylic acids is 2. The van der Waals surface area contributed by atoms with E-state index in [9.17, 15) is 19.8 Å². The van der Waals surface area contributed by atoms with E-state index in [2.05, 4.69) is 55.6 Å². The Morgan fingerprint density at radius 2 is 0.797 bits per heavy atom. The van der Waals surface area contributed by atoms with E-state index in [1.807, 2.05) is 6.08 Å². The normalized spacial score (nSPS) is 13.0. The van der Waals surface area contributed by atoms with E-state index in [4.69, 9.17) is 4.74 Å². The molecular formula is C58H107NO5. The molecule has 0 aromatic carbocycles. The number of aliphatic hydroxyl groups is 2. The van der Waals surface area contributed by atoms with Crippen LogP contribution in [0.4, 0.5) is 0 Å². The number of unbranched alkanes of at least 4 members (excludes halogenated alkanes) is 34. The molecule has 2 unspecified atom stereocenters. The first-order valence-corrected chi connectivity index (χ1v) is 27.9. The fourth-order valence-corrected chi connectivity index (χ4v) is 8.23. The molecule has 0 heterocycles. The highest BCUT2D eigenvalue weighted by atomic mass is 16.5. The van der Waals surface area contributed by atoms with Gasteiger partial charge in [-0.1, -0.05) is 236 Å². The second kappa shape index (κ2) is 53.4. The maximum atomic E-state index is 12.4. The number of nitrogens with one attached hydrogen (secondary N) is 1. The first kappa shape index (κ1) is 61.8. The van der Waals surface area contributed by atoms with Gasteiger partial charge in [0.25, 0.3) is 0 Å². The molecule has 0 rings (SSSR count). The number of aliphatic hydroxyl groups excluding tert-OH is 2. The lowest BCUT2D eigenvalue weighted by Crippen LogP contribution is -2.45. The van der Waals surface area contributed by atoms with Crippen LogP contribution in [0.15, 0.2) is 48.6 Å². The van der Waals surface area contributed by atoms with Gasteiger partial charge in [-0.05, 0) is 83.5 Å². The fourth-order valence-electron chi connectivity index (χ4n) is 8.23. The van der Waals surface area contributed by atoms with Gasteiger partial charge in [0.2, 0.25) is 5.91 Å². The smallest absolute Gasteiger partial charge is 0.305 e. The second-order valence-electron chi connectivity index (χ2n) is 18.9. The Kier molecular flexibility index (Phi) is 51.6. The van der Waals surface area contributed by atoms with Gasteiger partial charge in [0.1, 0.15) is 0 Å². The van der Waals surface area contributed by atoms with E-state index in [0.717, 1.165) is 57.8 Å². The van der Waals surface area contributed by atoms with Gasteiger partial charge in [-0.15, -0.1) is 0 Å². The number of allylic oxidation sites excluding steroid dienone is 7. The second-order valence-corrected chi connectivity index (χ2v) is 18.9. The maximum Gasteiger partial charge on any atom is 0.305 e. The van der Waals surface area contributed by atoms with E-state index in [1.54, 1.807) is 6.08 Å². The first-order chi connectivity index (χ1) is 31.5. The monoisotopic (exact) mass is 898 g/mol. The molecule has 0 saturated carbocycles. The van der Waals surface area contributed by atoms with Crippen molar-refractivity contribution in [2.45, 2.75) is 296 Å². The van der Waals surface area contributed by atoms with Crippen molar-refractivity contribution in [3.05, 3.63) is 48.6 Å². The molecule has 1 amide bonds. The number of esters is 1. The van der Waals surface area contributed by atoms with E-state index in [1.165, 1.54) is 199 Å². The third-order valence-corrected chi connectivity index (χ3v) is 12.6. The summed E-state index contributed by atoms with van der Waals surface area (Å²) in [7, 11) is 0. The molecular weight excluding hydrogens is 791 g/mol. The van der Waals surface area contributed by atoms with Crippen LogP contribution in [0, 0.1) is 0 Å². The summed E-state index contributed by atoms with van der Waals surface area (Å²) >= 11 is 0. The largest absolute Gasteiger partial charge is 0.466 e. The molecule has 0 bridgehead atoms. The van der Waals surface area contributed by atoms with Crippen molar-refractivity contribution in [3.63, 3.8) is 0 Å². The molecule has 0 aliphatic rings. The van der Waals surface area contributed by atoms with Crippen LogP contribution in [-0.4, -0.2) is 47.4 Å². The lowest BCUT2D eigenvalue weighted by atomic mass is 10.0. The van der Waals surface area contributed by atoms with Crippen LogP contribution in [0.1, 0.15) is 284 Å². The number of hydrogen-bond acceptors (Lipinski definition) is 5. The van der Waals surface area contributed by atoms with Crippen molar-refractivity contribution >= 4 is 11.9 Å². The Bertz CT molecular complexity index is 1080. The van der Waals surface area contributed by atoms with E-state index in [-0.39, 0.29) is 18.5 Å². The predicted molar refractivity (Wildman–Crippen MR) is 278 cm³/mol. The molecule has 374 valence electrons. The highest BCUT2D eigenvalue weighted by Crippen LogP contribution is 2.15. The number of amides is 1. The van der Waals surface area contributed by atoms with Crippen LogP contribution >= 0.6 is 0 Å². The average Bonchev–Trinajstić information content (AvgIpc) is 3.29. The van der Waals surface area contributed by atoms with Gasteiger partial charge in [-0.3, -0.25) is 9.59 Å². The Hall–Kier alpha value is -2.18. The molecule has 6 heteroatoms. The maximum absolute atomic E-state index is 12.4. The predicted octanol–water partition coefficient (Wildman–Crippen LogP) is 17.0. The zero-order valence-corrected chi connectivity index (χ0v) is 42.5. The van der Waals surface area contributed by atoms with Crippen LogP contribution in [0.3, 0.4) is 0 Å². The molecule has 0 radical (unpaired) electrons. The van der Waals surface area contributed by atoms with Gasteiger partial charge < -0.3 is 20.3 Å². The summed E-state index contributed by atoms with van der Waals surface area (Å²) in [5.74, 6) is -0.0834. The summed E-state index contributed by atoms with van der Waals surface area (Å²) in [6.07, 6.45) is 67.0. The zero-order valence-electron chi connectivity index (χ0n) is 42.5. The quantitative estimate of drug-likeness (QED) is 0.0321. The topological polar surface area (TPSA) is 95.9 Å². The minimum Gasteiger partial charge on any atom is -0.466 e. The number of rotatable bonds is 51. The Morgan fingerprint density at radius 3 is 1.25 bits per heavy atom. The van der Waals surface area contributed by atoms with Crippen molar-refractivity contribution in [2.24, 2.45) is 0 Å². The van der Waals surface area contributed by atoms with Crippen molar-refractivity contribution in [1.82, 2.24) is 5.32 Å². The molecule has 0 aromatic rings. The number of hydrogen-bond donors (Lipinski definition) is 3. The summed E-state index contributed by atoms with van der Waals surface area (Å²) in [6.45, 7) is 4.83. The standard InChI is InChI=1S/C58H107NO5/c1-3-5-7-9-11-13-15-16-28-32-36-40-44-48-52-58(63)64-53-49-45-41-37-33-29-26-24-22-20-18-17-19-21-23-25-27-31-35-39-43-47-51-57(62)59-55(54-60)56(61)50-46-42-38-34-30-14-12-10-8-6-4-2/h9,11,15-16,19,21,46,50,55-56,60-61H,3-8,10,12-14,17-18,20,22-45,47-49,51-54H2,1-2H3,(H,59,62)/b11-9-,16-15-,21-19-,50-46+. The van der Waals surface area contributed by atoms with Crippen molar-refractivity contribution in [2.75, 3.05) is 13.2 Å². The third-order valence-electron chi connectivity index (χ3n) is 12.6. The molecule has 0 aromatic heterocycles. The van der Waals surface area contributed by atoms with Gasteiger partial charge in [0.15, 0.2) is 0 Å². The summed E-state index contributed by atoms with van der Waals surface area (Å²) in [4.78, 5) is 24.4. The van der Waals surface area contributed by atoms with E-state index < -0.39 is 12.1 Å². The molecule has 0 fully saturated rings. The Morgan fingerprint density at radius 1 is 0.438 bits per heavy atom. The lowest BCUT2D eigenvalue weighted by molar-refractivity contribution is -0.143. The average molecular weight is 898 g/mol. The first-order valence-electron chi connectivity index (χ1n) is 27.9. The van der Waals surface area contributed by atoms with Gasteiger partial charge in [0, 0.05) is 12.8 Å². The Balaban J connectivity index is 3.44. The van der Waals surface area contributed by atoms with Crippen LogP contribution < -0.4 is 5.32 Å². The molecule has 2 atom stereocenters. The van der Waals surface area contributed by atoms with Gasteiger partial charge in [0.05, 0.1) is 25.4 Å². The molecule has 0 aliphatic carbocycles. The van der Waals surface area contributed by atoms with Crippen molar-refractivity contribution in [3.8, 4) is 0 Å². The Labute approximate surface area is 397 Å². The minimum absolute atomic E-state index is 0.00609. The molecule has 0 spiro atoms. The molecule has 0 saturated heterocycles. The molecule has 64 heavy (non-hydrogen) atoms. The SMILES string of the molecule is CCCC/C=C\C/C=C\CCCCCCCC(=O)OCCCCCCCCCCCCC/C=C\CCCCCCCCCC(=O)NC(CO)C(O)/C=C/CCCCCCCCCCC. The fraction of sp³-hybridized carbons (Fsp3) is 0.828. The zero-order chi connectivity index (χ0) is 46.5. The lowest BCUT2D eigenvalue weighted by Gasteiger charge is -2.20. The van der Waals surface area contributed by atoms with Gasteiger partial charge >= 0.3 is 5.97 Å². The summed E-state index contributed by atoms with van der Waals surface area (Å²) < 4.78 is 5.46. The number of ether oxygens (including phenoxy) is 1. The minimum atomic E-state index is -0.848. The summed E-state index contributed by atoms with van der Waals surface area (Å²) in [5, 5.41) is 23.0. The summed E-state index contributed by atoms with van der Waals surface area (Å²) in [6, 6.07) is -0.632. The van der Waals surface area contributed by atoms with Gasteiger partial charge in [-0.2, -0.15) is 0 Å². The van der Waals surface area contributed by atoms with E-state index in [0.29, 0.717) is 19.4 Å². The van der Waals surface area contributed by atoms with Crippen LogP contribution in [0.2, 0.25) is 0 Å². The number of carbonyl (C=O) groups is 2. The van der Waals surface area contributed by atoms with Crippen molar-refractivity contribution < 1.29 is 24.5 Å². The van der Waals surface area contributed by atoms with Crippen LogP contribution in [0.5, 0.6) is 0 Å². The van der Waals surface area contributed by atoms with E-state index >= 15 is 0 Å². The van der Waals surface area contributed by atoms with Gasteiger partial charge in [-0.25, -0.2) is 0 Å². The third kappa shape index (κ3) is 49.3. The molecule has 0 aliphatic heterocycles. The van der Waals surface area contributed by atoms with Crippen LogP contribution in [0.25, 0.3) is 0 Å². The molecule has 3 N–H and O–H groups in total. The molecule has 6 nitrogen and oxygen atoms in total. The van der Waals surface area contributed by atoms with Crippen molar-refractivity contribution in [1.29, 1.82) is 0 Å². The summed E-state index contributed by atoms with van der Waals surface area (Å²) in [5.41, 5.74) is 0.